The predicted molar refractivity (Wildman–Crippen MR) is 89.0 cm³/mol. The van der Waals surface area contributed by atoms with Gasteiger partial charge in [0.05, 0.1) is 0 Å². The molecule has 112 valence electrons. The van der Waals surface area contributed by atoms with Crippen molar-refractivity contribution in [2.75, 3.05) is 6.54 Å². The standard InChI is InChI=1S/C18H22ClNO/c1-3-11-20-12-16-17(19)5-4-6-18(16)21-13-15-9-7-14(2)8-10-15/h4-10,20H,3,11-13H2,1-2H3. The number of aryl methyl sites for hydroxylation is 1. The van der Waals surface area contributed by atoms with Crippen LogP contribution in [0.15, 0.2) is 42.5 Å². The molecular weight excluding hydrogens is 282 g/mol. The topological polar surface area (TPSA) is 21.3 Å². The Balaban J connectivity index is 2.04. The zero-order valence-corrected chi connectivity index (χ0v) is 13.4. The van der Waals surface area contributed by atoms with E-state index in [1.54, 1.807) is 0 Å². The van der Waals surface area contributed by atoms with Crippen molar-refractivity contribution in [2.45, 2.75) is 33.4 Å². The first-order chi connectivity index (χ1) is 10.2. The van der Waals surface area contributed by atoms with Gasteiger partial charge in [0.1, 0.15) is 12.4 Å². The molecule has 0 heterocycles. The molecule has 0 unspecified atom stereocenters. The van der Waals surface area contributed by atoms with Crippen molar-refractivity contribution in [3.8, 4) is 5.75 Å². The minimum Gasteiger partial charge on any atom is -0.489 e. The molecule has 0 spiro atoms. The second-order valence-corrected chi connectivity index (χ2v) is 5.57. The molecule has 0 atom stereocenters. The average molecular weight is 304 g/mol. The third-order valence-electron chi connectivity index (χ3n) is 3.32. The van der Waals surface area contributed by atoms with Crippen molar-refractivity contribution in [2.24, 2.45) is 0 Å². The molecule has 0 bridgehead atoms. The van der Waals surface area contributed by atoms with Crippen molar-refractivity contribution < 1.29 is 4.74 Å². The smallest absolute Gasteiger partial charge is 0.125 e. The number of nitrogens with one attached hydrogen (secondary N) is 1. The molecule has 2 aromatic carbocycles. The Kier molecular flexibility index (Phi) is 6.09. The van der Waals surface area contributed by atoms with Gasteiger partial charge in [0.2, 0.25) is 0 Å². The van der Waals surface area contributed by atoms with Crippen LogP contribution in [0.25, 0.3) is 0 Å². The van der Waals surface area contributed by atoms with E-state index in [4.69, 9.17) is 16.3 Å². The van der Waals surface area contributed by atoms with E-state index in [0.717, 1.165) is 41.4 Å². The number of rotatable bonds is 7. The summed E-state index contributed by atoms with van der Waals surface area (Å²) in [5.74, 6) is 0.853. The van der Waals surface area contributed by atoms with Gasteiger partial charge in [-0.1, -0.05) is 54.4 Å². The maximum Gasteiger partial charge on any atom is 0.125 e. The van der Waals surface area contributed by atoms with Crippen LogP contribution in [0.5, 0.6) is 5.75 Å². The summed E-state index contributed by atoms with van der Waals surface area (Å²) in [5, 5.41) is 4.12. The van der Waals surface area contributed by atoms with Gasteiger partial charge in [-0.15, -0.1) is 0 Å². The Morgan fingerprint density at radius 2 is 1.86 bits per heavy atom. The van der Waals surface area contributed by atoms with Gasteiger partial charge < -0.3 is 10.1 Å². The van der Waals surface area contributed by atoms with Crippen molar-refractivity contribution in [3.63, 3.8) is 0 Å². The predicted octanol–water partition coefficient (Wildman–Crippen LogP) is 4.73. The summed E-state index contributed by atoms with van der Waals surface area (Å²) < 4.78 is 5.95. The van der Waals surface area contributed by atoms with Gasteiger partial charge in [0.25, 0.3) is 0 Å². The van der Waals surface area contributed by atoms with E-state index in [1.807, 2.05) is 18.2 Å². The molecule has 3 heteroatoms. The first-order valence-electron chi connectivity index (χ1n) is 7.37. The van der Waals surface area contributed by atoms with Gasteiger partial charge in [-0.3, -0.25) is 0 Å². The lowest BCUT2D eigenvalue weighted by Gasteiger charge is -2.14. The highest BCUT2D eigenvalue weighted by molar-refractivity contribution is 6.31. The van der Waals surface area contributed by atoms with Crippen molar-refractivity contribution >= 4 is 11.6 Å². The molecule has 0 amide bonds. The minimum atomic E-state index is 0.557. The molecule has 0 aromatic heterocycles. The van der Waals surface area contributed by atoms with Crippen LogP contribution in [0.3, 0.4) is 0 Å². The molecular formula is C18H22ClNO. The normalized spacial score (nSPS) is 10.6. The largest absolute Gasteiger partial charge is 0.489 e. The van der Waals surface area contributed by atoms with Gasteiger partial charge in [0, 0.05) is 17.1 Å². The molecule has 0 aliphatic carbocycles. The third-order valence-corrected chi connectivity index (χ3v) is 3.67. The summed E-state index contributed by atoms with van der Waals surface area (Å²) in [6, 6.07) is 14.2. The minimum absolute atomic E-state index is 0.557. The molecule has 21 heavy (non-hydrogen) atoms. The van der Waals surface area contributed by atoms with Crippen LogP contribution in [0.4, 0.5) is 0 Å². The van der Waals surface area contributed by atoms with Crippen molar-refractivity contribution in [3.05, 3.63) is 64.2 Å². The summed E-state index contributed by atoms with van der Waals surface area (Å²) >= 11 is 6.29. The summed E-state index contributed by atoms with van der Waals surface area (Å²) in [7, 11) is 0. The number of hydrogen-bond donors (Lipinski definition) is 1. The Hall–Kier alpha value is -1.51. The summed E-state index contributed by atoms with van der Waals surface area (Å²) in [6.07, 6.45) is 1.10. The fourth-order valence-corrected chi connectivity index (χ4v) is 2.31. The van der Waals surface area contributed by atoms with E-state index in [1.165, 1.54) is 5.56 Å². The summed E-state index contributed by atoms with van der Waals surface area (Å²) in [6.45, 7) is 6.49. The van der Waals surface area contributed by atoms with Crippen molar-refractivity contribution in [1.82, 2.24) is 5.32 Å². The van der Waals surface area contributed by atoms with Gasteiger partial charge in [-0.25, -0.2) is 0 Å². The maximum absolute atomic E-state index is 6.29. The number of hydrogen-bond acceptors (Lipinski definition) is 2. The highest BCUT2D eigenvalue weighted by atomic mass is 35.5. The Morgan fingerprint density at radius 3 is 2.57 bits per heavy atom. The van der Waals surface area contributed by atoms with E-state index >= 15 is 0 Å². The zero-order chi connectivity index (χ0) is 15.1. The lowest BCUT2D eigenvalue weighted by atomic mass is 10.1. The first kappa shape index (κ1) is 15.9. The third kappa shape index (κ3) is 4.76. The van der Waals surface area contributed by atoms with Crippen LogP contribution in [-0.2, 0) is 13.2 Å². The van der Waals surface area contributed by atoms with Gasteiger partial charge >= 0.3 is 0 Å². The van der Waals surface area contributed by atoms with Crippen LogP contribution in [0.1, 0.15) is 30.0 Å². The Morgan fingerprint density at radius 1 is 1.10 bits per heavy atom. The van der Waals surface area contributed by atoms with E-state index < -0.39 is 0 Å². The molecule has 2 aromatic rings. The molecule has 0 aliphatic heterocycles. The van der Waals surface area contributed by atoms with Gasteiger partial charge in [0.15, 0.2) is 0 Å². The van der Waals surface area contributed by atoms with E-state index in [9.17, 15) is 0 Å². The number of ether oxygens (including phenoxy) is 1. The van der Waals surface area contributed by atoms with Gasteiger partial charge in [-0.2, -0.15) is 0 Å². The van der Waals surface area contributed by atoms with E-state index in [2.05, 4.69) is 43.4 Å². The van der Waals surface area contributed by atoms with Gasteiger partial charge in [-0.05, 0) is 37.6 Å². The SMILES string of the molecule is CCCNCc1c(Cl)cccc1OCc1ccc(C)cc1. The average Bonchev–Trinajstić information content (AvgIpc) is 2.49. The molecule has 2 rings (SSSR count). The van der Waals surface area contributed by atoms with E-state index in [-0.39, 0.29) is 0 Å². The molecule has 1 N–H and O–H groups in total. The van der Waals surface area contributed by atoms with Crippen LogP contribution >= 0.6 is 11.6 Å². The van der Waals surface area contributed by atoms with Crippen LogP contribution < -0.4 is 10.1 Å². The highest BCUT2D eigenvalue weighted by Crippen LogP contribution is 2.27. The molecule has 2 nitrogen and oxygen atoms in total. The zero-order valence-electron chi connectivity index (χ0n) is 12.7. The Bertz CT molecular complexity index is 566. The summed E-state index contributed by atoms with van der Waals surface area (Å²) in [4.78, 5) is 0. The lowest BCUT2D eigenvalue weighted by Crippen LogP contribution is -2.15. The second-order valence-electron chi connectivity index (χ2n) is 5.17. The summed E-state index contributed by atoms with van der Waals surface area (Å²) in [5.41, 5.74) is 3.44. The van der Waals surface area contributed by atoms with Crippen LogP contribution in [-0.4, -0.2) is 6.54 Å². The monoisotopic (exact) mass is 303 g/mol. The quantitative estimate of drug-likeness (QED) is 0.747. The number of benzene rings is 2. The molecule has 0 aliphatic rings. The second kappa shape index (κ2) is 8.06. The fourth-order valence-electron chi connectivity index (χ4n) is 2.08. The maximum atomic E-state index is 6.29. The number of halogens is 1. The fraction of sp³-hybridized carbons (Fsp3) is 0.333. The highest BCUT2D eigenvalue weighted by Gasteiger charge is 2.08. The van der Waals surface area contributed by atoms with Crippen LogP contribution in [0, 0.1) is 6.92 Å². The van der Waals surface area contributed by atoms with Crippen LogP contribution in [0.2, 0.25) is 5.02 Å². The molecule has 0 saturated heterocycles. The first-order valence-corrected chi connectivity index (χ1v) is 7.75. The Labute approximate surface area is 132 Å². The lowest BCUT2D eigenvalue weighted by molar-refractivity contribution is 0.302. The van der Waals surface area contributed by atoms with E-state index in [0.29, 0.717) is 6.61 Å². The molecule has 0 fully saturated rings. The van der Waals surface area contributed by atoms with Crippen molar-refractivity contribution in [1.29, 1.82) is 0 Å². The molecule has 0 radical (unpaired) electrons. The molecule has 0 saturated carbocycles.